The number of rotatable bonds is 3. The van der Waals surface area contributed by atoms with Crippen molar-refractivity contribution in [3.05, 3.63) is 29.8 Å². The van der Waals surface area contributed by atoms with Crippen LogP contribution in [0.2, 0.25) is 0 Å². The third-order valence-electron chi connectivity index (χ3n) is 4.53. The van der Waals surface area contributed by atoms with Gasteiger partial charge in [0, 0.05) is 24.8 Å². The maximum atomic E-state index is 3.29. The van der Waals surface area contributed by atoms with Gasteiger partial charge in [0.15, 0.2) is 0 Å². The van der Waals surface area contributed by atoms with Gasteiger partial charge in [-0.2, -0.15) is 0 Å². The number of nitrogens with one attached hydrogen (secondary N) is 1. The monoisotopic (exact) mass is 260 g/mol. The second kappa shape index (κ2) is 5.96. The van der Waals surface area contributed by atoms with Crippen LogP contribution >= 0.6 is 0 Å². The molecule has 1 fully saturated rings. The van der Waals surface area contributed by atoms with Gasteiger partial charge in [0.05, 0.1) is 0 Å². The molecule has 2 nitrogen and oxygen atoms in total. The van der Waals surface area contributed by atoms with E-state index in [-0.39, 0.29) is 0 Å². The van der Waals surface area contributed by atoms with E-state index >= 15 is 0 Å². The summed E-state index contributed by atoms with van der Waals surface area (Å²) >= 11 is 0. The Kier molecular flexibility index (Phi) is 4.51. The first-order valence-corrected chi connectivity index (χ1v) is 7.54. The van der Waals surface area contributed by atoms with E-state index in [1.807, 2.05) is 7.05 Å². The second-order valence-electron chi connectivity index (χ2n) is 6.61. The van der Waals surface area contributed by atoms with Gasteiger partial charge in [-0.25, -0.2) is 0 Å². The second-order valence-corrected chi connectivity index (χ2v) is 6.61. The summed E-state index contributed by atoms with van der Waals surface area (Å²) in [7, 11) is 2.01. The number of hydrogen-bond acceptors (Lipinski definition) is 2. The van der Waals surface area contributed by atoms with Crippen LogP contribution in [-0.2, 0) is 0 Å². The van der Waals surface area contributed by atoms with Gasteiger partial charge in [-0.3, -0.25) is 0 Å². The molecule has 1 unspecified atom stereocenters. The molecular formula is C17H28N2. The highest BCUT2D eigenvalue weighted by Crippen LogP contribution is 2.31. The fourth-order valence-electron chi connectivity index (χ4n) is 2.82. The van der Waals surface area contributed by atoms with Gasteiger partial charge >= 0.3 is 0 Å². The maximum absolute atomic E-state index is 3.29. The minimum absolute atomic E-state index is 0.428. The van der Waals surface area contributed by atoms with Crippen molar-refractivity contribution >= 4 is 5.69 Å². The first-order chi connectivity index (χ1) is 9.02. The third-order valence-corrected chi connectivity index (χ3v) is 4.53. The highest BCUT2D eigenvalue weighted by molar-refractivity contribution is 5.48. The molecule has 19 heavy (non-hydrogen) atoms. The lowest BCUT2D eigenvalue weighted by molar-refractivity contribution is 0.325. The van der Waals surface area contributed by atoms with Crippen molar-refractivity contribution in [2.75, 3.05) is 25.0 Å². The maximum Gasteiger partial charge on any atom is 0.0366 e. The van der Waals surface area contributed by atoms with Crippen molar-refractivity contribution in [2.45, 2.75) is 46.1 Å². The van der Waals surface area contributed by atoms with E-state index in [2.05, 4.69) is 55.3 Å². The first-order valence-electron chi connectivity index (χ1n) is 7.54. The molecule has 0 bridgehead atoms. The van der Waals surface area contributed by atoms with Gasteiger partial charge in [-0.15, -0.1) is 0 Å². The number of hydrogen-bond donors (Lipinski definition) is 1. The lowest BCUT2D eigenvalue weighted by Gasteiger charge is -2.25. The molecule has 0 radical (unpaired) electrons. The Hall–Kier alpha value is -1.02. The quantitative estimate of drug-likeness (QED) is 0.884. The van der Waals surface area contributed by atoms with Crippen molar-refractivity contribution < 1.29 is 0 Å². The van der Waals surface area contributed by atoms with Crippen LogP contribution in [0.3, 0.4) is 0 Å². The summed E-state index contributed by atoms with van der Waals surface area (Å²) in [6.07, 6.45) is 3.95. The molecule has 0 spiro atoms. The molecule has 2 rings (SSSR count). The van der Waals surface area contributed by atoms with Gasteiger partial charge in [-0.05, 0) is 56.3 Å². The van der Waals surface area contributed by atoms with Gasteiger partial charge in [0.25, 0.3) is 0 Å². The zero-order valence-corrected chi connectivity index (χ0v) is 12.9. The standard InChI is InChI=1S/C17H28N2/c1-14(18-4)15-6-8-16(9-7-15)19-12-5-10-17(2,3)11-13-19/h6-9,14,18H,5,10-13H2,1-4H3. The first kappa shape index (κ1) is 14.4. The van der Waals surface area contributed by atoms with Crippen molar-refractivity contribution in [3.63, 3.8) is 0 Å². The molecule has 1 heterocycles. The normalized spacial score (nSPS) is 20.9. The Morgan fingerprint density at radius 2 is 1.79 bits per heavy atom. The van der Waals surface area contributed by atoms with Gasteiger partial charge in [-0.1, -0.05) is 26.0 Å². The molecule has 1 N–H and O–H groups in total. The fourth-order valence-corrected chi connectivity index (χ4v) is 2.82. The molecule has 1 atom stereocenters. The predicted octanol–water partition coefficient (Wildman–Crippen LogP) is 3.98. The molecule has 0 saturated carbocycles. The zero-order valence-electron chi connectivity index (χ0n) is 12.9. The highest BCUT2D eigenvalue weighted by atomic mass is 15.1. The van der Waals surface area contributed by atoms with Crippen LogP contribution in [0, 0.1) is 5.41 Å². The van der Waals surface area contributed by atoms with Crippen molar-refractivity contribution in [2.24, 2.45) is 5.41 Å². The van der Waals surface area contributed by atoms with Crippen molar-refractivity contribution in [1.29, 1.82) is 0 Å². The number of anilines is 1. The molecule has 2 heteroatoms. The summed E-state index contributed by atoms with van der Waals surface area (Å²) in [4.78, 5) is 2.54. The minimum atomic E-state index is 0.428. The van der Waals surface area contributed by atoms with Crippen LogP contribution in [0.15, 0.2) is 24.3 Å². The van der Waals surface area contributed by atoms with E-state index in [0.29, 0.717) is 11.5 Å². The van der Waals surface area contributed by atoms with E-state index in [1.165, 1.54) is 43.6 Å². The average molecular weight is 260 g/mol. The van der Waals surface area contributed by atoms with E-state index < -0.39 is 0 Å². The van der Waals surface area contributed by atoms with Crippen LogP contribution in [0.25, 0.3) is 0 Å². The number of nitrogens with zero attached hydrogens (tertiary/aromatic N) is 1. The Bertz CT molecular complexity index is 394. The lowest BCUT2D eigenvalue weighted by Crippen LogP contribution is -2.25. The van der Waals surface area contributed by atoms with Gasteiger partial charge in [0.1, 0.15) is 0 Å². The van der Waals surface area contributed by atoms with Gasteiger partial charge < -0.3 is 10.2 Å². The molecule has 106 valence electrons. The molecule has 0 aromatic heterocycles. The van der Waals surface area contributed by atoms with Crippen molar-refractivity contribution in [1.82, 2.24) is 5.32 Å². The Labute approximate surface area is 118 Å². The Morgan fingerprint density at radius 1 is 1.11 bits per heavy atom. The summed E-state index contributed by atoms with van der Waals surface area (Å²) in [5.41, 5.74) is 3.25. The largest absolute Gasteiger partial charge is 0.372 e. The average Bonchev–Trinajstić information content (AvgIpc) is 2.59. The molecule has 1 aliphatic heterocycles. The van der Waals surface area contributed by atoms with E-state index in [0.717, 1.165) is 0 Å². The third kappa shape index (κ3) is 3.73. The van der Waals surface area contributed by atoms with Crippen LogP contribution in [-0.4, -0.2) is 20.1 Å². The summed E-state index contributed by atoms with van der Waals surface area (Å²) in [5, 5.41) is 3.29. The van der Waals surface area contributed by atoms with Crippen LogP contribution in [0.5, 0.6) is 0 Å². The minimum Gasteiger partial charge on any atom is -0.372 e. The van der Waals surface area contributed by atoms with E-state index in [4.69, 9.17) is 0 Å². The van der Waals surface area contributed by atoms with Crippen LogP contribution < -0.4 is 10.2 Å². The van der Waals surface area contributed by atoms with E-state index in [9.17, 15) is 0 Å². The zero-order chi connectivity index (χ0) is 13.9. The Balaban J connectivity index is 2.05. The summed E-state index contributed by atoms with van der Waals surface area (Å²) in [6.45, 7) is 9.38. The lowest BCUT2D eigenvalue weighted by atomic mass is 9.85. The van der Waals surface area contributed by atoms with Gasteiger partial charge in [0.2, 0.25) is 0 Å². The Morgan fingerprint density at radius 3 is 2.42 bits per heavy atom. The fraction of sp³-hybridized carbons (Fsp3) is 0.647. The molecule has 1 saturated heterocycles. The molecule has 1 aromatic rings. The highest BCUT2D eigenvalue weighted by Gasteiger charge is 2.23. The van der Waals surface area contributed by atoms with E-state index in [1.54, 1.807) is 0 Å². The molecule has 0 amide bonds. The topological polar surface area (TPSA) is 15.3 Å². The molecule has 0 aliphatic carbocycles. The van der Waals surface area contributed by atoms with Crippen molar-refractivity contribution in [3.8, 4) is 0 Å². The smallest absolute Gasteiger partial charge is 0.0366 e. The van der Waals surface area contributed by atoms with Crippen LogP contribution in [0.1, 0.15) is 51.6 Å². The molecular weight excluding hydrogens is 232 g/mol. The number of benzene rings is 1. The summed E-state index contributed by atoms with van der Waals surface area (Å²) in [6, 6.07) is 9.50. The summed E-state index contributed by atoms with van der Waals surface area (Å²) < 4.78 is 0. The SMILES string of the molecule is CNC(C)c1ccc(N2CCCC(C)(C)CC2)cc1. The molecule has 1 aromatic carbocycles. The molecule has 1 aliphatic rings. The van der Waals surface area contributed by atoms with Crippen LogP contribution in [0.4, 0.5) is 5.69 Å². The summed E-state index contributed by atoms with van der Waals surface area (Å²) in [5.74, 6) is 0. The predicted molar refractivity (Wildman–Crippen MR) is 83.8 cm³/mol.